The average molecular weight is 406 g/mol. The van der Waals surface area contributed by atoms with E-state index < -0.39 is 29.8 Å². The molecule has 160 valence electrons. The number of carbonyl (C=O) groups is 4. The number of carbonyl (C=O) groups excluding carboxylic acids is 4. The third-order valence-corrected chi connectivity index (χ3v) is 4.43. The van der Waals surface area contributed by atoms with Crippen molar-refractivity contribution in [2.45, 2.75) is 58.7 Å². The highest BCUT2D eigenvalue weighted by molar-refractivity contribution is 6.35. The normalized spacial score (nSPS) is 11.7. The van der Waals surface area contributed by atoms with Crippen LogP contribution in [0.1, 0.15) is 50.0 Å². The van der Waals surface area contributed by atoms with Gasteiger partial charge in [-0.05, 0) is 58.2 Å². The molecule has 0 heterocycles. The predicted molar refractivity (Wildman–Crippen MR) is 107 cm³/mol. The Bertz CT molecular complexity index is 719. The highest BCUT2D eigenvalue weighted by atomic mass is 16.5. The lowest BCUT2D eigenvalue weighted by Crippen LogP contribution is -2.53. The van der Waals surface area contributed by atoms with Crippen LogP contribution in [0.25, 0.3) is 0 Å². The number of benzene rings is 1. The summed E-state index contributed by atoms with van der Waals surface area (Å²) in [5.74, 6) is -2.59. The van der Waals surface area contributed by atoms with Crippen molar-refractivity contribution in [3.8, 4) is 0 Å². The fraction of sp³-hybridized carbons (Fsp3) is 0.524. The smallest absolute Gasteiger partial charge is 0.337 e. The van der Waals surface area contributed by atoms with Crippen molar-refractivity contribution in [2.75, 3.05) is 14.2 Å². The molecule has 1 atom stereocenters. The van der Waals surface area contributed by atoms with Crippen molar-refractivity contribution in [1.29, 1.82) is 0 Å². The van der Waals surface area contributed by atoms with Crippen molar-refractivity contribution in [3.63, 3.8) is 0 Å². The van der Waals surface area contributed by atoms with Gasteiger partial charge in [-0.2, -0.15) is 0 Å². The van der Waals surface area contributed by atoms with Gasteiger partial charge in [0.25, 0.3) is 0 Å². The van der Waals surface area contributed by atoms with Gasteiger partial charge in [0.1, 0.15) is 6.04 Å². The summed E-state index contributed by atoms with van der Waals surface area (Å²) in [6.07, 6.45) is 0.681. The molecule has 0 radical (unpaired) electrons. The molecule has 0 saturated heterocycles. The summed E-state index contributed by atoms with van der Waals surface area (Å²) in [6.45, 7) is 7.28. The van der Waals surface area contributed by atoms with E-state index in [9.17, 15) is 19.2 Å². The monoisotopic (exact) mass is 406 g/mol. The molecule has 0 spiro atoms. The summed E-state index contributed by atoms with van der Waals surface area (Å²) < 4.78 is 9.42. The number of nitrogens with zero attached hydrogens (tertiary/aromatic N) is 1. The van der Waals surface area contributed by atoms with Crippen molar-refractivity contribution in [3.05, 3.63) is 35.4 Å². The number of rotatable bonds is 8. The van der Waals surface area contributed by atoms with Crippen molar-refractivity contribution in [2.24, 2.45) is 0 Å². The van der Waals surface area contributed by atoms with Gasteiger partial charge in [-0.1, -0.05) is 12.1 Å². The van der Waals surface area contributed by atoms with E-state index in [1.165, 1.54) is 19.1 Å². The van der Waals surface area contributed by atoms with Crippen LogP contribution in [0.4, 0.5) is 0 Å². The molecule has 8 heteroatoms. The van der Waals surface area contributed by atoms with E-state index in [-0.39, 0.29) is 18.5 Å². The molecule has 0 aliphatic heterocycles. The SMILES string of the molecule is COC(=O)c1ccc(CCC(NC(=O)C(=O)N(C(C)C)C(C)C)C(=O)OC)cc1. The van der Waals surface area contributed by atoms with Gasteiger partial charge >= 0.3 is 23.8 Å². The second kappa shape index (κ2) is 11.2. The lowest BCUT2D eigenvalue weighted by Gasteiger charge is -2.30. The van der Waals surface area contributed by atoms with E-state index in [0.29, 0.717) is 12.0 Å². The quantitative estimate of drug-likeness (QED) is 0.521. The van der Waals surface area contributed by atoms with Crippen molar-refractivity contribution < 1.29 is 28.7 Å². The molecule has 29 heavy (non-hydrogen) atoms. The Hall–Kier alpha value is -2.90. The maximum atomic E-state index is 12.5. The first-order valence-electron chi connectivity index (χ1n) is 9.50. The zero-order valence-electron chi connectivity index (χ0n) is 17.9. The Balaban J connectivity index is 2.82. The Kier molecular flexibility index (Phi) is 9.31. The number of aryl methyl sites for hydroxylation is 1. The number of hydrogen-bond donors (Lipinski definition) is 1. The van der Waals surface area contributed by atoms with Crippen LogP contribution in [0, 0.1) is 0 Å². The molecule has 1 N–H and O–H groups in total. The van der Waals surface area contributed by atoms with Crippen LogP contribution < -0.4 is 5.32 Å². The molecule has 0 aliphatic rings. The molecule has 1 unspecified atom stereocenters. The Morgan fingerprint density at radius 2 is 1.48 bits per heavy atom. The van der Waals surface area contributed by atoms with Crippen LogP contribution in [0.15, 0.2) is 24.3 Å². The van der Waals surface area contributed by atoms with E-state index in [1.54, 1.807) is 24.3 Å². The van der Waals surface area contributed by atoms with Gasteiger partial charge in [0.05, 0.1) is 19.8 Å². The second-order valence-electron chi connectivity index (χ2n) is 7.18. The van der Waals surface area contributed by atoms with Crippen LogP contribution in [0.3, 0.4) is 0 Å². The summed E-state index contributed by atoms with van der Waals surface area (Å²) in [5.41, 5.74) is 1.28. The molecule has 0 bridgehead atoms. The number of hydrogen-bond acceptors (Lipinski definition) is 6. The van der Waals surface area contributed by atoms with Gasteiger partial charge in [0, 0.05) is 12.1 Å². The Morgan fingerprint density at radius 3 is 1.93 bits per heavy atom. The minimum atomic E-state index is -0.960. The topological polar surface area (TPSA) is 102 Å². The molecule has 0 aromatic heterocycles. The lowest BCUT2D eigenvalue weighted by molar-refractivity contribution is -0.151. The molecule has 2 amide bonds. The summed E-state index contributed by atoms with van der Waals surface area (Å²) >= 11 is 0. The molecule has 0 saturated carbocycles. The van der Waals surface area contributed by atoms with Gasteiger partial charge in [0.2, 0.25) is 0 Å². The first-order chi connectivity index (χ1) is 13.6. The number of methoxy groups -OCH3 is 2. The molecule has 0 aliphatic carbocycles. The van der Waals surface area contributed by atoms with Crippen LogP contribution in [-0.4, -0.2) is 61.0 Å². The third-order valence-electron chi connectivity index (χ3n) is 4.43. The van der Waals surface area contributed by atoms with Crippen molar-refractivity contribution in [1.82, 2.24) is 10.2 Å². The molecular weight excluding hydrogens is 376 g/mol. The van der Waals surface area contributed by atoms with Crippen LogP contribution in [-0.2, 0) is 30.3 Å². The van der Waals surface area contributed by atoms with E-state index in [1.807, 2.05) is 27.7 Å². The highest BCUT2D eigenvalue weighted by Crippen LogP contribution is 2.11. The number of nitrogens with one attached hydrogen (secondary N) is 1. The number of ether oxygens (including phenoxy) is 2. The molecule has 8 nitrogen and oxygen atoms in total. The van der Waals surface area contributed by atoms with Gasteiger partial charge in [-0.3, -0.25) is 9.59 Å². The first kappa shape index (κ1) is 24.1. The molecule has 1 aromatic carbocycles. The highest BCUT2D eigenvalue weighted by Gasteiger charge is 2.30. The average Bonchev–Trinajstić information content (AvgIpc) is 2.69. The Labute approximate surface area is 171 Å². The minimum absolute atomic E-state index is 0.154. The fourth-order valence-corrected chi connectivity index (χ4v) is 3.03. The Morgan fingerprint density at radius 1 is 0.931 bits per heavy atom. The van der Waals surface area contributed by atoms with Crippen LogP contribution in [0.2, 0.25) is 0 Å². The predicted octanol–water partition coefficient (Wildman–Crippen LogP) is 1.71. The zero-order valence-corrected chi connectivity index (χ0v) is 17.9. The fourth-order valence-electron chi connectivity index (χ4n) is 3.03. The van der Waals surface area contributed by atoms with E-state index >= 15 is 0 Å². The van der Waals surface area contributed by atoms with E-state index in [4.69, 9.17) is 4.74 Å². The van der Waals surface area contributed by atoms with Crippen molar-refractivity contribution >= 4 is 23.8 Å². The third kappa shape index (κ3) is 6.89. The second-order valence-corrected chi connectivity index (χ2v) is 7.18. The van der Waals surface area contributed by atoms with Gasteiger partial charge in [-0.25, -0.2) is 9.59 Å². The number of amides is 2. The largest absolute Gasteiger partial charge is 0.467 e. The minimum Gasteiger partial charge on any atom is -0.467 e. The summed E-state index contributed by atoms with van der Waals surface area (Å²) in [4.78, 5) is 50.0. The molecule has 1 rings (SSSR count). The molecule has 1 aromatic rings. The summed E-state index contributed by atoms with van der Waals surface area (Å²) in [7, 11) is 2.53. The number of esters is 2. The summed E-state index contributed by atoms with van der Waals surface area (Å²) in [5, 5.41) is 2.49. The maximum absolute atomic E-state index is 12.5. The lowest BCUT2D eigenvalue weighted by atomic mass is 10.0. The van der Waals surface area contributed by atoms with Gasteiger partial charge in [0.15, 0.2) is 0 Å². The van der Waals surface area contributed by atoms with Crippen LogP contribution >= 0.6 is 0 Å². The standard InChI is InChI=1S/C21H30N2O6/c1-13(2)23(14(3)4)19(25)18(24)22-17(21(27)29-6)12-9-15-7-10-16(11-8-15)20(26)28-5/h7-8,10-11,13-14,17H,9,12H2,1-6H3,(H,22,24). The maximum Gasteiger partial charge on any atom is 0.337 e. The van der Waals surface area contributed by atoms with E-state index in [0.717, 1.165) is 5.56 Å². The van der Waals surface area contributed by atoms with E-state index in [2.05, 4.69) is 10.1 Å². The van der Waals surface area contributed by atoms with Crippen LogP contribution in [0.5, 0.6) is 0 Å². The summed E-state index contributed by atoms with van der Waals surface area (Å²) in [6, 6.07) is 5.47. The first-order valence-corrected chi connectivity index (χ1v) is 9.50. The molecular formula is C21H30N2O6. The van der Waals surface area contributed by atoms with Gasteiger partial charge in [-0.15, -0.1) is 0 Å². The van der Waals surface area contributed by atoms with Gasteiger partial charge < -0.3 is 19.7 Å². The molecule has 0 fully saturated rings. The zero-order chi connectivity index (χ0) is 22.1.